The van der Waals surface area contributed by atoms with Gasteiger partial charge in [0.25, 0.3) is 0 Å². The summed E-state index contributed by atoms with van der Waals surface area (Å²) < 4.78 is 0. The SMILES string of the molecule is c1ccc(CSc2nnc3c(n2)-c2cccc4cccc-3c24)cc1. The Kier molecular flexibility index (Phi) is 3.10. The smallest absolute Gasteiger partial charge is 0.210 e. The molecular formula is C20H13N3S. The number of rotatable bonds is 3. The van der Waals surface area contributed by atoms with E-state index in [1.165, 1.54) is 16.3 Å². The van der Waals surface area contributed by atoms with Crippen LogP contribution in [-0.2, 0) is 5.75 Å². The van der Waals surface area contributed by atoms with Crippen LogP contribution >= 0.6 is 11.8 Å². The lowest BCUT2D eigenvalue weighted by molar-refractivity contribution is 0.853. The number of nitrogens with zero attached hydrogens (tertiary/aromatic N) is 3. The van der Waals surface area contributed by atoms with E-state index in [-0.39, 0.29) is 0 Å². The summed E-state index contributed by atoms with van der Waals surface area (Å²) in [6.45, 7) is 0. The molecule has 24 heavy (non-hydrogen) atoms. The van der Waals surface area contributed by atoms with Crippen LogP contribution in [0, 0.1) is 0 Å². The third-order valence-electron chi connectivity index (χ3n) is 4.29. The standard InChI is InChI=1S/C20H13N3S/c1-2-6-13(7-3-1)12-24-20-21-18-15-10-4-8-14-9-5-11-16(17(14)15)19(18)22-23-20/h1-11H,12H2. The lowest BCUT2D eigenvalue weighted by atomic mass is 10.0. The summed E-state index contributed by atoms with van der Waals surface area (Å²) in [5.74, 6) is 0.846. The van der Waals surface area contributed by atoms with Crippen molar-refractivity contribution >= 4 is 22.5 Å². The minimum Gasteiger partial charge on any atom is -0.219 e. The number of aromatic nitrogens is 3. The van der Waals surface area contributed by atoms with E-state index in [0.717, 1.165) is 33.4 Å². The van der Waals surface area contributed by atoms with Gasteiger partial charge in [-0.05, 0) is 10.9 Å². The number of hydrogen-bond donors (Lipinski definition) is 0. The first-order valence-electron chi connectivity index (χ1n) is 7.84. The second kappa shape index (κ2) is 5.42. The van der Waals surface area contributed by atoms with E-state index in [2.05, 4.69) is 70.9 Å². The largest absolute Gasteiger partial charge is 0.219 e. The Labute approximate surface area is 143 Å². The first-order chi connectivity index (χ1) is 11.9. The van der Waals surface area contributed by atoms with Gasteiger partial charge in [-0.25, -0.2) is 4.98 Å². The Morgan fingerprint density at radius 3 is 2.25 bits per heavy atom. The Hall–Kier alpha value is -2.72. The van der Waals surface area contributed by atoms with Crippen molar-refractivity contribution in [1.29, 1.82) is 0 Å². The maximum absolute atomic E-state index is 4.80. The zero-order valence-corrected chi connectivity index (χ0v) is 13.6. The lowest BCUT2D eigenvalue weighted by Gasteiger charge is -2.03. The predicted octanol–water partition coefficient (Wildman–Crippen LogP) is 4.96. The van der Waals surface area contributed by atoms with Crippen LogP contribution in [0.5, 0.6) is 0 Å². The summed E-state index contributed by atoms with van der Waals surface area (Å²) in [6.07, 6.45) is 0. The van der Waals surface area contributed by atoms with Crippen molar-refractivity contribution in [3.8, 4) is 22.5 Å². The van der Waals surface area contributed by atoms with Crippen LogP contribution in [0.2, 0.25) is 0 Å². The van der Waals surface area contributed by atoms with Crippen LogP contribution in [0.15, 0.2) is 71.9 Å². The molecule has 1 heterocycles. The Morgan fingerprint density at radius 1 is 0.708 bits per heavy atom. The van der Waals surface area contributed by atoms with Gasteiger partial charge in [0.2, 0.25) is 5.16 Å². The van der Waals surface area contributed by atoms with Gasteiger partial charge in [0.1, 0.15) is 11.4 Å². The first kappa shape index (κ1) is 13.7. The molecule has 5 rings (SSSR count). The number of benzene rings is 3. The second-order valence-corrected chi connectivity index (χ2v) is 6.72. The molecule has 114 valence electrons. The molecule has 0 radical (unpaired) electrons. The van der Waals surface area contributed by atoms with Crippen molar-refractivity contribution < 1.29 is 0 Å². The van der Waals surface area contributed by atoms with Crippen LogP contribution < -0.4 is 0 Å². The Bertz CT molecular complexity index is 1060. The zero-order chi connectivity index (χ0) is 15.9. The average molecular weight is 327 g/mol. The highest BCUT2D eigenvalue weighted by Crippen LogP contribution is 2.44. The fourth-order valence-corrected chi connectivity index (χ4v) is 3.94. The van der Waals surface area contributed by atoms with Gasteiger partial charge >= 0.3 is 0 Å². The van der Waals surface area contributed by atoms with Gasteiger partial charge in [0.05, 0.1) is 0 Å². The average Bonchev–Trinajstić information content (AvgIpc) is 2.97. The fraction of sp³-hybridized carbons (Fsp3) is 0.0500. The van der Waals surface area contributed by atoms with Crippen LogP contribution in [0.1, 0.15) is 5.56 Å². The minimum atomic E-state index is 0.724. The fourth-order valence-electron chi connectivity index (χ4n) is 3.20. The van der Waals surface area contributed by atoms with Crippen molar-refractivity contribution in [2.24, 2.45) is 0 Å². The zero-order valence-electron chi connectivity index (χ0n) is 12.8. The number of fused-ring (bicyclic) bond motifs is 3. The summed E-state index contributed by atoms with van der Waals surface area (Å²) in [5.41, 5.74) is 5.41. The third-order valence-corrected chi connectivity index (χ3v) is 5.20. The molecule has 1 aromatic heterocycles. The molecule has 0 bridgehead atoms. The molecule has 0 fully saturated rings. The van der Waals surface area contributed by atoms with Crippen molar-refractivity contribution in [3.63, 3.8) is 0 Å². The van der Waals surface area contributed by atoms with E-state index < -0.39 is 0 Å². The first-order valence-corrected chi connectivity index (χ1v) is 8.83. The van der Waals surface area contributed by atoms with Gasteiger partial charge in [-0.1, -0.05) is 78.5 Å². The van der Waals surface area contributed by atoms with Crippen LogP contribution in [-0.4, -0.2) is 15.2 Å². The molecule has 0 spiro atoms. The highest BCUT2D eigenvalue weighted by atomic mass is 32.2. The van der Waals surface area contributed by atoms with E-state index in [4.69, 9.17) is 4.98 Å². The van der Waals surface area contributed by atoms with E-state index in [0.29, 0.717) is 0 Å². The molecule has 0 saturated heterocycles. The molecule has 0 amide bonds. The molecule has 0 N–H and O–H groups in total. The Balaban J connectivity index is 1.55. The van der Waals surface area contributed by atoms with Crippen molar-refractivity contribution in [2.45, 2.75) is 10.9 Å². The molecule has 1 aliphatic carbocycles. The highest BCUT2D eigenvalue weighted by Gasteiger charge is 2.24. The van der Waals surface area contributed by atoms with Crippen LogP contribution in [0.4, 0.5) is 0 Å². The monoisotopic (exact) mass is 327 g/mol. The molecule has 4 aromatic rings. The molecular weight excluding hydrogens is 314 g/mol. The van der Waals surface area contributed by atoms with E-state index >= 15 is 0 Å². The lowest BCUT2D eigenvalue weighted by Crippen LogP contribution is -1.95. The van der Waals surface area contributed by atoms with Gasteiger partial charge < -0.3 is 0 Å². The quantitative estimate of drug-likeness (QED) is 0.439. The molecule has 0 aliphatic heterocycles. The number of thioether (sulfide) groups is 1. The third kappa shape index (κ3) is 2.11. The van der Waals surface area contributed by atoms with Gasteiger partial charge in [-0.15, -0.1) is 10.2 Å². The van der Waals surface area contributed by atoms with Gasteiger partial charge in [-0.3, -0.25) is 0 Å². The van der Waals surface area contributed by atoms with E-state index in [1.54, 1.807) is 11.8 Å². The summed E-state index contributed by atoms with van der Waals surface area (Å²) in [4.78, 5) is 4.80. The minimum absolute atomic E-state index is 0.724. The second-order valence-electron chi connectivity index (χ2n) is 5.78. The maximum atomic E-state index is 4.80. The topological polar surface area (TPSA) is 38.7 Å². The molecule has 0 unspecified atom stereocenters. The normalized spacial score (nSPS) is 11.7. The molecule has 4 heteroatoms. The summed E-state index contributed by atoms with van der Waals surface area (Å²) in [6, 6.07) is 23.0. The van der Waals surface area contributed by atoms with Crippen LogP contribution in [0.25, 0.3) is 33.3 Å². The van der Waals surface area contributed by atoms with Crippen molar-refractivity contribution in [3.05, 3.63) is 72.3 Å². The van der Waals surface area contributed by atoms with Gasteiger partial charge in [0.15, 0.2) is 0 Å². The Morgan fingerprint density at radius 2 is 1.46 bits per heavy atom. The molecule has 3 nitrogen and oxygen atoms in total. The van der Waals surface area contributed by atoms with Gasteiger partial charge in [0, 0.05) is 22.3 Å². The molecule has 0 atom stereocenters. The summed E-state index contributed by atoms with van der Waals surface area (Å²) in [5, 5.41) is 12.0. The summed E-state index contributed by atoms with van der Waals surface area (Å²) in [7, 11) is 0. The van der Waals surface area contributed by atoms with Crippen molar-refractivity contribution in [1.82, 2.24) is 15.2 Å². The molecule has 1 aliphatic rings. The molecule has 0 saturated carbocycles. The summed E-state index contributed by atoms with van der Waals surface area (Å²) >= 11 is 1.62. The van der Waals surface area contributed by atoms with Gasteiger partial charge in [-0.2, -0.15) is 0 Å². The van der Waals surface area contributed by atoms with E-state index in [1.807, 2.05) is 6.07 Å². The number of hydrogen-bond acceptors (Lipinski definition) is 4. The van der Waals surface area contributed by atoms with Crippen LogP contribution in [0.3, 0.4) is 0 Å². The maximum Gasteiger partial charge on any atom is 0.210 e. The molecule has 3 aromatic carbocycles. The van der Waals surface area contributed by atoms with E-state index in [9.17, 15) is 0 Å². The van der Waals surface area contributed by atoms with Crippen molar-refractivity contribution in [2.75, 3.05) is 0 Å². The predicted molar refractivity (Wildman–Crippen MR) is 97.8 cm³/mol. The highest BCUT2D eigenvalue weighted by molar-refractivity contribution is 7.98.